The van der Waals surface area contributed by atoms with Crippen molar-refractivity contribution in [3.05, 3.63) is 170 Å². The molecule has 0 N–H and O–H groups in total. The molecule has 0 atom stereocenters. The first-order chi connectivity index (χ1) is 25.7. The average Bonchev–Trinajstić information content (AvgIpc) is 3.78. The minimum atomic E-state index is 0.645. The molecule has 0 spiro atoms. The number of nitrogens with zero attached hydrogens (tertiary/aromatic N) is 2. The molecule has 4 heteroatoms. The Balaban J connectivity index is 1.09. The minimum Gasteiger partial charge on any atom is -0.456 e. The Hall–Kier alpha value is -7.04. The van der Waals surface area contributed by atoms with Gasteiger partial charge in [0.2, 0.25) is 0 Å². The van der Waals surface area contributed by atoms with Crippen molar-refractivity contribution in [2.24, 2.45) is 0 Å². The molecule has 11 aromatic rings. The van der Waals surface area contributed by atoms with E-state index in [4.69, 9.17) is 18.8 Å². The van der Waals surface area contributed by atoms with E-state index in [1.165, 1.54) is 21.9 Å². The molecule has 0 aliphatic heterocycles. The fraction of sp³-hybridized carbons (Fsp3) is 0. The zero-order valence-electron chi connectivity index (χ0n) is 27.9. The van der Waals surface area contributed by atoms with Gasteiger partial charge in [-0.1, -0.05) is 121 Å². The Morgan fingerprint density at radius 1 is 0.365 bits per heavy atom. The van der Waals surface area contributed by atoms with E-state index in [-0.39, 0.29) is 0 Å². The van der Waals surface area contributed by atoms with Crippen LogP contribution in [0.2, 0.25) is 0 Å². The first kappa shape index (κ1) is 28.8. The van der Waals surface area contributed by atoms with E-state index < -0.39 is 0 Å². The Morgan fingerprint density at radius 3 is 1.87 bits per heavy atom. The van der Waals surface area contributed by atoms with E-state index in [1.807, 2.05) is 36.4 Å². The minimum absolute atomic E-state index is 0.645. The molecule has 3 heterocycles. The number of para-hydroxylation sites is 1. The van der Waals surface area contributed by atoms with Gasteiger partial charge in [-0.05, 0) is 92.3 Å². The molecule has 11 rings (SSSR count). The van der Waals surface area contributed by atoms with Crippen molar-refractivity contribution in [2.75, 3.05) is 0 Å². The molecule has 0 saturated heterocycles. The standard InChI is InChI=1S/C48H28N2O2/c1-2-9-29(10-3-1)32-19-20-35-27-37(22-21-33(35)26-32)48-49-45-39-13-6-7-15-41(39)52-47(45)46(50-48)40-14-8-16-42-44(40)38-24-23-36(28-43(38)51-42)34-18-17-30-11-4-5-12-31(30)25-34/h1-28H. The molecule has 52 heavy (non-hydrogen) atoms. The quantitative estimate of drug-likeness (QED) is 0.188. The van der Waals surface area contributed by atoms with Crippen molar-refractivity contribution in [3.63, 3.8) is 0 Å². The largest absolute Gasteiger partial charge is 0.456 e. The summed E-state index contributed by atoms with van der Waals surface area (Å²) in [5, 5.41) is 7.72. The van der Waals surface area contributed by atoms with Crippen LogP contribution in [-0.4, -0.2) is 9.97 Å². The van der Waals surface area contributed by atoms with Crippen LogP contribution in [-0.2, 0) is 0 Å². The number of fused-ring (bicyclic) bond motifs is 8. The van der Waals surface area contributed by atoms with E-state index in [9.17, 15) is 0 Å². The third-order valence-electron chi connectivity index (χ3n) is 10.3. The number of aromatic nitrogens is 2. The van der Waals surface area contributed by atoms with Crippen molar-refractivity contribution < 1.29 is 8.83 Å². The second-order valence-electron chi connectivity index (χ2n) is 13.4. The molecule has 0 fully saturated rings. The van der Waals surface area contributed by atoms with Crippen LogP contribution in [0.1, 0.15) is 0 Å². The Labute approximate surface area is 298 Å². The molecule has 0 saturated carbocycles. The summed E-state index contributed by atoms with van der Waals surface area (Å²) in [4.78, 5) is 10.5. The first-order valence-corrected chi connectivity index (χ1v) is 17.5. The Bertz CT molecular complexity index is 3190. The second-order valence-corrected chi connectivity index (χ2v) is 13.4. The van der Waals surface area contributed by atoms with E-state index in [1.54, 1.807) is 0 Å². The molecule has 3 aromatic heterocycles. The molecule has 0 radical (unpaired) electrons. The summed E-state index contributed by atoms with van der Waals surface area (Å²) in [6.45, 7) is 0. The van der Waals surface area contributed by atoms with Gasteiger partial charge in [-0.25, -0.2) is 9.97 Å². The summed E-state index contributed by atoms with van der Waals surface area (Å²) in [5.74, 6) is 0.645. The molecule has 8 aromatic carbocycles. The summed E-state index contributed by atoms with van der Waals surface area (Å²) in [6, 6.07) is 59.3. The Kier molecular flexibility index (Phi) is 6.22. The van der Waals surface area contributed by atoms with Gasteiger partial charge in [-0.2, -0.15) is 0 Å². The van der Waals surface area contributed by atoms with E-state index >= 15 is 0 Å². The van der Waals surface area contributed by atoms with Crippen molar-refractivity contribution >= 4 is 65.6 Å². The van der Waals surface area contributed by atoms with E-state index in [0.717, 1.165) is 77.1 Å². The van der Waals surface area contributed by atoms with Crippen LogP contribution in [0, 0.1) is 0 Å². The highest BCUT2D eigenvalue weighted by Gasteiger charge is 2.22. The highest BCUT2D eigenvalue weighted by atomic mass is 16.3. The lowest BCUT2D eigenvalue weighted by molar-refractivity contribution is 0.667. The lowest BCUT2D eigenvalue weighted by Gasteiger charge is -2.09. The van der Waals surface area contributed by atoms with Gasteiger partial charge in [0.05, 0.1) is 0 Å². The maximum atomic E-state index is 6.57. The monoisotopic (exact) mass is 664 g/mol. The second kappa shape index (κ2) is 11.2. The number of rotatable bonds is 4. The van der Waals surface area contributed by atoms with Gasteiger partial charge in [-0.3, -0.25) is 0 Å². The van der Waals surface area contributed by atoms with Crippen LogP contribution in [0.3, 0.4) is 0 Å². The van der Waals surface area contributed by atoms with Crippen LogP contribution in [0.4, 0.5) is 0 Å². The lowest BCUT2D eigenvalue weighted by Crippen LogP contribution is -1.94. The van der Waals surface area contributed by atoms with Crippen LogP contribution >= 0.6 is 0 Å². The third kappa shape index (κ3) is 4.55. The SMILES string of the molecule is c1ccc(-c2ccc3cc(-c4nc(-c5cccc6oc7cc(-c8ccc9ccccc9c8)ccc7c56)c5oc6ccccc6c5n4)ccc3c2)cc1. The van der Waals surface area contributed by atoms with Gasteiger partial charge in [0.1, 0.15) is 28.0 Å². The van der Waals surface area contributed by atoms with Crippen molar-refractivity contribution in [2.45, 2.75) is 0 Å². The predicted octanol–water partition coefficient (Wildman–Crippen LogP) is 13.2. The number of hydrogen-bond donors (Lipinski definition) is 0. The number of hydrogen-bond acceptors (Lipinski definition) is 4. The summed E-state index contributed by atoms with van der Waals surface area (Å²) in [5.41, 5.74) is 11.1. The normalized spacial score (nSPS) is 11.8. The molecule has 0 bridgehead atoms. The molecule has 0 amide bonds. The topological polar surface area (TPSA) is 52.1 Å². The lowest BCUT2D eigenvalue weighted by atomic mass is 9.98. The fourth-order valence-electron chi connectivity index (χ4n) is 7.67. The van der Waals surface area contributed by atoms with Gasteiger partial charge in [0.25, 0.3) is 0 Å². The van der Waals surface area contributed by atoms with Gasteiger partial charge in [0, 0.05) is 27.3 Å². The molecule has 0 aliphatic carbocycles. The van der Waals surface area contributed by atoms with Crippen LogP contribution in [0.15, 0.2) is 179 Å². The number of benzene rings is 8. The Morgan fingerprint density at radius 2 is 1.00 bits per heavy atom. The van der Waals surface area contributed by atoms with Crippen LogP contribution < -0.4 is 0 Å². The average molecular weight is 665 g/mol. The predicted molar refractivity (Wildman–Crippen MR) is 213 cm³/mol. The van der Waals surface area contributed by atoms with E-state index in [2.05, 4.69) is 133 Å². The third-order valence-corrected chi connectivity index (χ3v) is 10.3. The smallest absolute Gasteiger partial charge is 0.180 e. The summed E-state index contributed by atoms with van der Waals surface area (Å²) >= 11 is 0. The zero-order chi connectivity index (χ0) is 34.2. The van der Waals surface area contributed by atoms with Crippen LogP contribution in [0.5, 0.6) is 0 Å². The molecule has 242 valence electrons. The van der Waals surface area contributed by atoms with Gasteiger partial charge in [0.15, 0.2) is 11.4 Å². The maximum Gasteiger partial charge on any atom is 0.180 e. The van der Waals surface area contributed by atoms with E-state index in [0.29, 0.717) is 11.4 Å². The highest BCUT2D eigenvalue weighted by Crippen LogP contribution is 2.42. The molecular formula is C48H28N2O2. The van der Waals surface area contributed by atoms with Crippen LogP contribution in [0.25, 0.3) is 110 Å². The van der Waals surface area contributed by atoms with Gasteiger partial charge in [-0.15, -0.1) is 0 Å². The molecule has 0 unspecified atom stereocenters. The fourth-order valence-corrected chi connectivity index (χ4v) is 7.67. The highest BCUT2D eigenvalue weighted by molar-refractivity contribution is 6.16. The van der Waals surface area contributed by atoms with Crippen molar-refractivity contribution in [1.29, 1.82) is 0 Å². The zero-order valence-corrected chi connectivity index (χ0v) is 27.9. The summed E-state index contributed by atoms with van der Waals surface area (Å²) in [7, 11) is 0. The van der Waals surface area contributed by atoms with Gasteiger partial charge >= 0.3 is 0 Å². The van der Waals surface area contributed by atoms with Gasteiger partial charge < -0.3 is 8.83 Å². The summed E-state index contributed by atoms with van der Waals surface area (Å²) < 4.78 is 13.1. The first-order valence-electron chi connectivity index (χ1n) is 17.5. The summed E-state index contributed by atoms with van der Waals surface area (Å²) in [6.07, 6.45) is 0. The number of furan rings is 2. The molecular weight excluding hydrogens is 637 g/mol. The van der Waals surface area contributed by atoms with Crippen molar-refractivity contribution in [1.82, 2.24) is 9.97 Å². The van der Waals surface area contributed by atoms with Crippen molar-refractivity contribution in [3.8, 4) is 44.9 Å². The molecule has 4 nitrogen and oxygen atoms in total. The molecule has 0 aliphatic rings. The maximum absolute atomic E-state index is 6.57.